The van der Waals surface area contributed by atoms with Gasteiger partial charge in [-0.1, -0.05) is 79.9 Å². The Bertz CT molecular complexity index is 1070. The number of nitrogens with zero attached hydrogens (tertiary/aromatic N) is 2. The number of imidazole rings is 1. The van der Waals surface area contributed by atoms with Crippen molar-refractivity contribution in [2.24, 2.45) is 17.6 Å². The zero-order valence-electron chi connectivity index (χ0n) is 20.8. The number of carbonyl (C=O) groups excluding carboxylic acids is 1. The number of nitrogens with two attached hydrogens (primary N) is 1. The smallest absolute Gasteiger partial charge is 0.253 e. The second-order valence-electron chi connectivity index (χ2n) is 10.5. The summed E-state index contributed by atoms with van der Waals surface area (Å²) >= 11 is 0. The summed E-state index contributed by atoms with van der Waals surface area (Å²) in [6.45, 7) is 3.39. The molecule has 2 saturated carbocycles. The van der Waals surface area contributed by atoms with Crippen LogP contribution >= 0.6 is 0 Å². The number of hydrogen-bond acceptors (Lipinski definition) is 1. The van der Waals surface area contributed by atoms with E-state index in [0.29, 0.717) is 6.04 Å². The molecule has 2 aliphatic rings. The number of hydrogen-bond donors (Lipinski definition) is 1. The third-order valence-electron chi connectivity index (χ3n) is 8.63. The minimum atomic E-state index is -0.809. The zero-order chi connectivity index (χ0) is 23.5. The van der Waals surface area contributed by atoms with Gasteiger partial charge in [-0.15, -0.1) is 0 Å². The highest BCUT2D eigenvalue weighted by molar-refractivity contribution is 5.91. The first-order chi connectivity index (χ1) is 16.6. The first-order valence-electron chi connectivity index (χ1n) is 13.1. The summed E-state index contributed by atoms with van der Waals surface area (Å²) in [5.41, 5.74) is 7.50. The molecular weight excluding hydrogens is 498 g/mol. The van der Waals surface area contributed by atoms with E-state index >= 15 is 0 Å². The normalized spacial score (nSPS) is 20.9. The molecule has 0 saturated heterocycles. The van der Waals surface area contributed by atoms with Crippen LogP contribution in [-0.4, -0.2) is 10.5 Å². The molecule has 0 unspecified atom stereocenters. The highest BCUT2D eigenvalue weighted by Crippen LogP contribution is 2.50. The van der Waals surface area contributed by atoms with Crippen molar-refractivity contribution in [1.29, 1.82) is 0 Å². The first-order valence-corrected chi connectivity index (χ1v) is 13.1. The van der Waals surface area contributed by atoms with Crippen molar-refractivity contribution in [3.8, 4) is 0 Å². The number of halogens is 1. The Kier molecular flexibility index (Phi) is 8.16. The second kappa shape index (κ2) is 11.1. The van der Waals surface area contributed by atoms with Gasteiger partial charge in [0.1, 0.15) is 23.9 Å². The standard InChI is InChI=1S/C30H37N3O.BrH/c1-23-32(22-24-11-5-2-6-12-24)19-20-33(23)28-18-17-27(21-28)30(29(31)34,25-13-7-3-8-14-25)26-15-9-4-10-16-26;/h3-4,7-10,13-16,19-20,24,27-28H,2,5-6,11-12,17-18,21-22H2,1H3,(H-,31,34);1H/t27-,28+;/m0./s1. The van der Waals surface area contributed by atoms with Gasteiger partial charge in [-0.3, -0.25) is 4.79 Å². The van der Waals surface area contributed by atoms with Crippen LogP contribution in [0.5, 0.6) is 0 Å². The van der Waals surface area contributed by atoms with Crippen LogP contribution in [-0.2, 0) is 16.8 Å². The van der Waals surface area contributed by atoms with E-state index in [1.807, 2.05) is 36.4 Å². The Hall–Kier alpha value is -2.40. The van der Waals surface area contributed by atoms with E-state index in [1.54, 1.807) is 0 Å². The monoisotopic (exact) mass is 535 g/mol. The second-order valence-corrected chi connectivity index (χ2v) is 10.5. The molecule has 2 aliphatic carbocycles. The maximum Gasteiger partial charge on any atom is 0.253 e. The van der Waals surface area contributed by atoms with Crippen LogP contribution in [0.3, 0.4) is 0 Å². The van der Waals surface area contributed by atoms with Crippen LogP contribution < -0.4 is 27.3 Å². The van der Waals surface area contributed by atoms with Gasteiger partial charge in [0.05, 0.1) is 6.54 Å². The average Bonchev–Trinajstić information content (AvgIpc) is 3.49. The van der Waals surface area contributed by atoms with E-state index in [4.69, 9.17) is 5.73 Å². The molecule has 1 aromatic heterocycles. The third-order valence-corrected chi connectivity index (χ3v) is 8.63. The number of benzene rings is 2. The predicted molar refractivity (Wildman–Crippen MR) is 135 cm³/mol. The summed E-state index contributed by atoms with van der Waals surface area (Å²) in [7, 11) is 0. The number of rotatable bonds is 7. The van der Waals surface area contributed by atoms with Crippen LogP contribution in [0.4, 0.5) is 0 Å². The van der Waals surface area contributed by atoms with E-state index in [1.165, 1.54) is 37.9 Å². The molecule has 0 bridgehead atoms. The summed E-state index contributed by atoms with van der Waals surface area (Å²) in [6, 6.07) is 20.8. The number of aromatic nitrogens is 2. The maximum atomic E-state index is 13.4. The molecular formula is C30H38BrN3O. The molecule has 1 amide bonds. The highest BCUT2D eigenvalue weighted by atomic mass is 79.9. The van der Waals surface area contributed by atoms with Gasteiger partial charge in [0.2, 0.25) is 5.91 Å². The van der Waals surface area contributed by atoms with Crippen molar-refractivity contribution in [3.63, 3.8) is 0 Å². The fourth-order valence-corrected chi connectivity index (χ4v) is 6.87. The molecule has 2 aromatic carbocycles. The zero-order valence-corrected chi connectivity index (χ0v) is 22.4. The number of primary amides is 1. The fraction of sp³-hybridized carbons (Fsp3) is 0.467. The lowest BCUT2D eigenvalue weighted by molar-refractivity contribution is -0.709. The summed E-state index contributed by atoms with van der Waals surface area (Å²) in [6.07, 6.45) is 14.4. The lowest BCUT2D eigenvalue weighted by Crippen LogP contribution is -3.00. The van der Waals surface area contributed by atoms with E-state index in [9.17, 15) is 4.79 Å². The Balaban J connectivity index is 0.00000289. The van der Waals surface area contributed by atoms with Gasteiger partial charge in [-0.25, -0.2) is 9.13 Å². The predicted octanol–water partition coefficient (Wildman–Crippen LogP) is 2.48. The van der Waals surface area contributed by atoms with Gasteiger partial charge in [-0.2, -0.15) is 0 Å². The van der Waals surface area contributed by atoms with Crippen molar-refractivity contribution >= 4 is 5.91 Å². The molecule has 3 aromatic rings. The molecule has 2 fully saturated rings. The van der Waals surface area contributed by atoms with Gasteiger partial charge >= 0.3 is 0 Å². The molecule has 1 heterocycles. The molecule has 4 nitrogen and oxygen atoms in total. The van der Waals surface area contributed by atoms with Crippen LogP contribution in [0.25, 0.3) is 0 Å². The minimum absolute atomic E-state index is 0. The van der Waals surface area contributed by atoms with Crippen LogP contribution in [0.2, 0.25) is 0 Å². The summed E-state index contributed by atoms with van der Waals surface area (Å²) < 4.78 is 4.92. The molecule has 5 rings (SSSR count). The molecule has 186 valence electrons. The van der Waals surface area contributed by atoms with Crippen LogP contribution in [0.1, 0.15) is 74.4 Å². The quantitative estimate of drug-likeness (QED) is 0.464. The first kappa shape index (κ1) is 25.7. The Morgan fingerprint density at radius 1 is 0.943 bits per heavy atom. The average molecular weight is 537 g/mol. The van der Waals surface area contributed by atoms with Gasteiger partial charge in [0, 0.05) is 6.92 Å². The lowest BCUT2D eigenvalue weighted by Gasteiger charge is -2.37. The summed E-state index contributed by atoms with van der Waals surface area (Å²) in [4.78, 5) is 13.4. The lowest BCUT2D eigenvalue weighted by atomic mass is 9.64. The largest absolute Gasteiger partial charge is 1.00 e. The van der Waals surface area contributed by atoms with E-state index in [-0.39, 0.29) is 28.8 Å². The van der Waals surface area contributed by atoms with Gasteiger partial charge < -0.3 is 22.7 Å². The van der Waals surface area contributed by atoms with Crippen LogP contribution in [0.15, 0.2) is 73.1 Å². The molecule has 0 radical (unpaired) electrons. The summed E-state index contributed by atoms with van der Waals surface area (Å²) in [5.74, 6) is 2.06. The third kappa shape index (κ3) is 4.84. The van der Waals surface area contributed by atoms with Gasteiger partial charge in [-0.05, 0) is 55.1 Å². The van der Waals surface area contributed by atoms with Crippen molar-refractivity contribution in [1.82, 2.24) is 4.57 Å². The molecule has 2 N–H and O–H groups in total. The molecule has 35 heavy (non-hydrogen) atoms. The summed E-state index contributed by atoms with van der Waals surface area (Å²) in [5, 5.41) is 0. The number of amides is 1. The van der Waals surface area contributed by atoms with Crippen molar-refractivity contribution in [3.05, 3.63) is 90.0 Å². The van der Waals surface area contributed by atoms with Crippen molar-refractivity contribution in [2.45, 2.75) is 76.3 Å². The Morgan fingerprint density at radius 2 is 1.54 bits per heavy atom. The Morgan fingerprint density at radius 3 is 2.11 bits per heavy atom. The topological polar surface area (TPSA) is 51.9 Å². The number of carbonyl (C=O) groups is 1. The van der Waals surface area contributed by atoms with E-state index in [0.717, 1.165) is 42.9 Å². The van der Waals surface area contributed by atoms with E-state index < -0.39 is 5.41 Å². The SMILES string of the molecule is Cc1n([C@@H]2CC[C@H](C(C(N)=O)(c3ccccc3)c3ccccc3)C2)cc[n+]1CC1CCCCC1.[Br-]. The fourth-order valence-electron chi connectivity index (χ4n) is 6.87. The van der Waals surface area contributed by atoms with Crippen molar-refractivity contribution in [2.75, 3.05) is 0 Å². The Labute approximate surface area is 220 Å². The molecule has 5 heteroatoms. The van der Waals surface area contributed by atoms with Gasteiger partial charge in [0.25, 0.3) is 5.82 Å². The molecule has 0 aliphatic heterocycles. The van der Waals surface area contributed by atoms with Crippen LogP contribution in [0, 0.1) is 18.8 Å². The van der Waals surface area contributed by atoms with Gasteiger partial charge in [0.15, 0.2) is 0 Å². The van der Waals surface area contributed by atoms with Crippen molar-refractivity contribution < 1.29 is 26.3 Å². The molecule has 0 spiro atoms. The van der Waals surface area contributed by atoms with E-state index in [2.05, 4.69) is 52.7 Å². The highest BCUT2D eigenvalue weighted by Gasteiger charge is 2.51. The molecule has 2 atom stereocenters. The minimum Gasteiger partial charge on any atom is -1.00 e. The maximum absolute atomic E-state index is 13.4.